The molecule has 104 valence electrons. The Bertz CT molecular complexity index is 314. The summed E-state index contributed by atoms with van der Waals surface area (Å²) in [5.74, 6) is -3.01. The number of halogens is 2. The number of alkyl halides is 2. The van der Waals surface area contributed by atoms with Crippen molar-refractivity contribution in [2.24, 2.45) is 5.41 Å². The molecule has 1 amide bonds. The van der Waals surface area contributed by atoms with Crippen molar-refractivity contribution >= 4 is 5.91 Å². The molecule has 2 aliphatic rings. The summed E-state index contributed by atoms with van der Waals surface area (Å²) in [7, 11) is 0. The monoisotopic (exact) mass is 260 g/mol. The van der Waals surface area contributed by atoms with Crippen LogP contribution in [0.2, 0.25) is 0 Å². The molecule has 0 aromatic heterocycles. The Morgan fingerprint density at radius 1 is 1.39 bits per heavy atom. The molecule has 1 unspecified atom stereocenters. The van der Waals surface area contributed by atoms with Crippen LogP contribution in [0.3, 0.4) is 0 Å². The number of amides is 1. The molecule has 1 atom stereocenters. The van der Waals surface area contributed by atoms with E-state index in [-0.39, 0.29) is 24.3 Å². The molecule has 18 heavy (non-hydrogen) atoms. The fourth-order valence-electron chi connectivity index (χ4n) is 3.08. The predicted octanol–water partition coefficient (Wildman–Crippen LogP) is 2.07. The first-order chi connectivity index (χ1) is 8.46. The fourth-order valence-corrected chi connectivity index (χ4v) is 3.08. The highest BCUT2D eigenvalue weighted by Gasteiger charge is 2.42. The molecule has 0 radical (unpaired) electrons. The van der Waals surface area contributed by atoms with Gasteiger partial charge < -0.3 is 5.32 Å². The van der Waals surface area contributed by atoms with E-state index < -0.39 is 12.0 Å². The van der Waals surface area contributed by atoms with Gasteiger partial charge in [-0.1, -0.05) is 19.8 Å². The van der Waals surface area contributed by atoms with Crippen molar-refractivity contribution in [1.82, 2.24) is 10.6 Å². The zero-order chi connectivity index (χ0) is 13.2. The number of carbonyl (C=O) groups excluding carboxylic acids is 1. The minimum Gasteiger partial charge on any atom is -0.354 e. The largest absolute Gasteiger partial charge is 0.354 e. The zero-order valence-corrected chi connectivity index (χ0v) is 10.9. The second-order valence-electron chi connectivity index (χ2n) is 5.77. The molecule has 2 rings (SSSR count). The second-order valence-corrected chi connectivity index (χ2v) is 5.77. The lowest BCUT2D eigenvalue weighted by Gasteiger charge is -2.28. The summed E-state index contributed by atoms with van der Waals surface area (Å²) in [4.78, 5) is 11.8. The first kappa shape index (κ1) is 13.7. The molecule has 3 nitrogen and oxygen atoms in total. The predicted molar refractivity (Wildman–Crippen MR) is 65.6 cm³/mol. The summed E-state index contributed by atoms with van der Waals surface area (Å²) in [5.41, 5.74) is 0.205. The van der Waals surface area contributed by atoms with Crippen molar-refractivity contribution in [3.05, 3.63) is 0 Å². The summed E-state index contributed by atoms with van der Waals surface area (Å²) >= 11 is 0. The highest BCUT2D eigenvalue weighted by Crippen LogP contribution is 2.40. The van der Waals surface area contributed by atoms with Crippen LogP contribution in [0.25, 0.3) is 0 Å². The molecule has 0 spiro atoms. The molecule has 0 aromatic carbocycles. The Hall–Kier alpha value is -0.710. The summed E-state index contributed by atoms with van der Waals surface area (Å²) in [5, 5.41) is 5.45. The van der Waals surface area contributed by atoms with Gasteiger partial charge in [0.15, 0.2) is 0 Å². The van der Waals surface area contributed by atoms with Crippen molar-refractivity contribution in [3.63, 3.8) is 0 Å². The average Bonchev–Trinajstić information content (AvgIpc) is 2.93. The molecule has 0 bridgehead atoms. The minimum absolute atomic E-state index is 0.205. The van der Waals surface area contributed by atoms with E-state index in [4.69, 9.17) is 0 Å². The molecule has 0 aromatic rings. The number of nitrogens with one attached hydrogen (secondary N) is 2. The van der Waals surface area contributed by atoms with Crippen molar-refractivity contribution in [3.8, 4) is 0 Å². The van der Waals surface area contributed by atoms with Gasteiger partial charge in [-0.3, -0.25) is 10.1 Å². The molecular formula is C13H22F2N2O. The molecule has 1 aliphatic carbocycles. The first-order valence-electron chi connectivity index (χ1n) is 6.85. The van der Waals surface area contributed by atoms with E-state index in [1.165, 1.54) is 12.8 Å². The van der Waals surface area contributed by atoms with Gasteiger partial charge in [-0.2, -0.15) is 0 Å². The number of hydrogen-bond donors (Lipinski definition) is 2. The maximum atomic E-state index is 13.0. The number of carbonyl (C=O) groups is 1. The third kappa shape index (κ3) is 2.99. The molecule has 5 heteroatoms. The van der Waals surface area contributed by atoms with Crippen LogP contribution in [0.5, 0.6) is 0 Å². The van der Waals surface area contributed by atoms with Gasteiger partial charge in [0.1, 0.15) is 0 Å². The van der Waals surface area contributed by atoms with E-state index in [2.05, 4.69) is 17.6 Å². The lowest BCUT2D eigenvalue weighted by molar-refractivity contribution is -0.124. The topological polar surface area (TPSA) is 41.1 Å². The molecule has 1 heterocycles. The summed E-state index contributed by atoms with van der Waals surface area (Å²) in [6.07, 6.45) is 5.36. The fraction of sp³-hybridized carbons (Fsp3) is 0.923. The van der Waals surface area contributed by atoms with Gasteiger partial charge in [0.25, 0.3) is 5.92 Å². The van der Waals surface area contributed by atoms with Crippen LogP contribution in [-0.2, 0) is 4.79 Å². The van der Waals surface area contributed by atoms with Crippen molar-refractivity contribution < 1.29 is 13.6 Å². The van der Waals surface area contributed by atoms with Crippen LogP contribution in [0, 0.1) is 5.41 Å². The smallest absolute Gasteiger partial charge is 0.262 e. The Balaban J connectivity index is 1.81. The van der Waals surface area contributed by atoms with Gasteiger partial charge in [-0.15, -0.1) is 0 Å². The third-order valence-electron chi connectivity index (χ3n) is 4.48. The van der Waals surface area contributed by atoms with Gasteiger partial charge in [-0.25, -0.2) is 8.78 Å². The van der Waals surface area contributed by atoms with Crippen molar-refractivity contribution in [2.45, 2.75) is 57.4 Å². The lowest BCUT2D eigenvalue weighted by Crippen LogP contribution is -2.44. The van der Waals surface area contributed by atoms with Crippen LogP contribution in [0.15, 0.2) is 0 Å². The van der Waals surface area contributed by atoms with Gasteiger partial charge in [0.2, 0.25) is 5.91 Å². The van der Waals surface area contributed by atoms with E-state index in [1.807, 2.05) is 0 Å². The molecule has 1 aliphatic heterocycles. The molecule has 1 saturated carbocycles. The second kappa shape index (κ2) is 5.11. The normalized spacial score (nSPS) is 29.4. The van der Waals surface area contributed by atoms with E-state index in [0.29, 0.717) is 6.54 Å². The summed E-state index contributed by atoms with van der Waals surface area (Å²) in [6, 6.07) is -0.727. The quantitative estimate of drug-likeness (QED) is 0.812. The maximum absolute atomic E-state index is 13.0. The average molecular weight is 260 g/mol. The Labute approximate surface area is 107 Å². The van der Waals surface area contributed by atoms with E-state index in [9.17, 15) is 13.6 Å². The van der Waals surface area contributed by atoms with Crippen LogP contribution >= 0.6 is 0 Å². The SMILES string of the molecule is CCC1(CNC(=O)C2CC(F)(F)CN2)CCCC1. The van der Waals surface area contributed by atoms with E-state index >= 15 is 0 Å². The zero-order valence-electron chi connectivity index (χ0n) is 10.9. The van der Waals surface area contributed by atoms with Gasteiger partial charge in [-0.05, 0) is 24.7 Å². The third-order valence-corrected chi connectivity index (χ3v) is 4.48. The van der Waals surface area contributed by atoms with Crippen LogP contribution in [0.1, 0.15) is 45.4 Å². The van der Waals surface area contributed by atoms with Crippen LogP contribution in [0.4, 0.5) is 8.78 Å². The highest BCUT2D eigenvalue weighted by molar-refractivity contribution is 5.82. The first-order valence-corrected chi connectivity index (χ1v) is 6.85. The Morgan fingerprint density at radius 3 is 2.56 bits per heavy atom. The number of rotatable bonds is 4. The van der Waals surface area contributed by atoms with Crippen LogP contribution in [-0.4, -0.2) is 31.0 Å². The highest BCUT2D eigenvalue weighted by atomic mass is 19.3. The van der Waals surface area contributed by atoms with Crippen LogP contribution < -0.4 is 10.6 Å². The molecule has 1 saturated heterocycles. The summed E-state index contributed by atoms with van der Waals surface area (Å²) in [6.45, 7) is 2.38. The van der Waals surface area contributed by atoms with Crippen molar-refractivity contribution in [1.29, 1.82) is 0 Å². The number of hydrogen-bond acceptors (Lipinski definition) is 2. The van der Waals surface area contributed by atoms with E-state index in [0.717, 1.165) is 19.3 Å². The Kier molecular flexibility index (Phi) is 3.90. The van der Waals surface area contributed by atoms with E-state index in [1.54, 1.807) is 0 Å². The molecule has 2 N–H and O–H groups in total. The van der Waals surface area contributed by atoms with Gasteiger partial charge in [0, 0.05) is 13.0 Å². The van der Waals surface area contributed by atoms with Gasteiger partial charge in [0.05, 0.1) is 12.6 Å². The maximum Gasteiger partial charge on any atom is 0.262 e. The minimum atomic E-state index is -2.74. The van der Waals surface area contributed by atoms with Crippen molar-refractivity contribution in [2.75, 3.05) is 13.1 Å². The standard InChI is InChI=1S/C13H22F2N2O/c1-2-12(5-3-4-6-12)8-17-11(18)10-7-13(14,15)9-16-10/h10,16H,2-9H2,1H3,(H,17,18). The molecular weight excluding hydrogens is 238 g/mol. The van der Waals surface area contributed by atoms with Gasteiger partial charge >= 0.3 is 0 Å². The molecule has 2 fully saturated rings. The summed E-state index contributed by atoms with van der Waals surface area (Å²) < 4.78 is 26.0. The lowest BCUT2D eigenvalue weighted by atomic mass is 9.83. The Morgan fingerprint density at radius 2 is 2.06 bits per heavy atom.